The monoisotopic (exact) mass is 150 g/mol. The highest BCUT2D eigenvalue weighted by Gasteiger charge is 2.02. The van der Waals surface area contributed by atoms with Gasteiger partial charge in [0.2, 0.25) is 0 Å². The fraction of sp³-hybridized carbons (Fsp3) is 0. The molecular weight excluding hydrogens is 142 g/mol. The number of hydrogen-bond acceptors (Lipinski definition) is 3. The number of nitrogen functional groups attached to an aromatic ring is 1. The van der Waals surface area contributed by atoms with Crippen LogP contribution in [-0.2, 0) is 4.74 Å². The van der Waals surface area contributed by atoms with E-state index >= 15 is 0 Å². The molecule has 0 amide bonds. The molecule has 57 valence electrons. The van der Waals surface area contributed by atoms with Gasteiger partial charge in [0.15, 0.2) is 0 Å². The van der Waals surface area contributed by atoms with Gasteiger partial charge in [-0.15, -0.1) is 0 Å². The quantitative estimate of drug-likeness (QED) is 0.483. The van der Waals surface area contributed by atoms with Gasteiger partial charge in [-0.3, -0.25) is 0 Å². The molecule has 0 heterocycles. The standard InChI is InChI=1S/C8H8NO2/c1-11-8(10)6-2-4-7(9)5-3-6/h2-5H,1,9H2. The van der Waals surface area contributed by atoms with Crippen molar-refractivity contribution in [3.63, 3.8) is 0 Å². The van der Waals surface area contributed by atoms with Gasteiger partial charge in [0, 0.05) is 5.69 Å². The van der Waals surface area contributed by atoms with Crippen molar-refractivity contribution < 1.29 is 9.53 Å². The van der Waals surface area contributed by atoms with Gasteiger partial charge in [0.25, 0.3) is 0 Å². The Hall–Kier alpha value is -1.51. The molecular formula is C8H8NO2. The van der Waals surface area contributed by atoms with E-state index in [0.29, 0.717) is 11.3 Å². The van der Waals surface area contributed by atoms with Crippen LogP contribution in [0.3, 0.4) is 0 Å². The van der Waals surface area contributed by atoms with Crippen LogP contribution in [0.25, 0.3) is 0 Å². The summed E-state index contributed by atoms with van der Waals surface area (Å²) in [6.45, 7) is 0. The average Bonchev–Trinajstić information content (AvgIpc) is 2.05. The van der Waals surface area contributed by atoms with Crippen molar-refractivity contribution in [1.29, 1.82) is 0 Å². The largest absolute Gasteiger partial charge is 0.458 e. The van der Waals surface area contributed by atoms with Crippen molar-refractivity contribution in [2.75, 3.05) is 5.73 Å². The lowest BCUT2D eigenvalue weighted by Gasteiger charge is -1.97. The topological polar surface area (TPSA) is 52.3 Å². The van der Waals surface area contributed by atoms with E-state index < -0.39 is 5.97 Å². The fourth-order valence-corrected chi connectivity index (χ4v) is 0.703. The summed E-state index contributed by atoms with van der Waals surface area (Å²) in [5.74, 6) is -0.454. The SMILES string of the molecule is [CH2]OC(=O)c1ccc(N)cc1. The van der Waals surface area contributed by atoms with E-state index in [1.165, 1.54) is 0 Å². The Bertz CT molecular complexity index is 253. The van der Waals surface area contributed by atoms with Crippen molar-refractivity contribution >= 4 is 11.7 Å². The minimum absolute atomic E-state index is 0.453. The van der Waals surface area contributed by atoms with Crippen LogP contribution in [0.15, 0.2) is 24.3 Å². The molecule has 1 radical (unpaired) electrons. The maximum atomic E-state index is 10.8. The third-order valence-corrected chi connectivity index (χ3v) is 1.28. The van der Waals surface area contributed by atoms with E-state index in [-0.39, 0.29) is 0 Å². The minimum atomic E-state index is -0.454. The van der Waals surface area contributed by atoms with Gasteiger partial charge in [-0.2, -0.15) is 0 Å². The Morgan fingerprint density at radius 2 is 1.91 bits per heavy atom. The highest BCUT2D eigenvalue weighted by atomic mass is 16.5. The van der Waals surface area contributed by atoms with Crippen molar-refractivity contribution in [1.82, 2.24) is 0 Å². The molecule has 3 heteroatoms. The third kappa shape index (κ3) is 1.70. The Kier molecular flexibility index (Phi) is 2.11. The maximum Gasteiger partial charge on any atom is 0.338 e. The van der Waals surface area contributed by atoms with E-state index in [1.807, 2.05) is 0 Å². The number of carbonyl (C=O) groups is 1. The van der Waals surface area contributed by atoms with Crippen molar-refractivity contribution in [2.45, 2.75) is 0 Å². The number of anilines is 1. The number of benzene rings is 1. The van der Waals surface area contributed by atoms with Crippen LogP contribution >= 0.6 is 0 Å². The first kappa shape index (κ1) is 7.60. The summed E-state index contributed by atoms with van der Waals surface area (Å²) >= 11 is 0. The molecule has 0 fully saturated rings. The summed E-state index contributed by atoms with van der Waals surface area (Å²) in [4.78, 5) is 10.8. The Balaban J connectivity index is 2.90. The molecule has 0 saturated carbocycles. The second-order valence-corrected chi connectivity index (χ2v) is 2.05. The highest BCUT2D eigenvalue weighted by molar-refractivity contribution is 5.89. The molecule has 3 nitrogen and oxygen atoms in total. The Morgan fingerprint density at radius 1 is 1.36 bits per heavy atom. The predicted molar refractivity (Wildman–Crippen MR) is 41.6 cm³/mol. The molecule has 0 atom stereocenters. The van der Waals surface area contributed by atoms with Crippen LogP contribution in [0, 0.1) is 7.11 Å². The van der Waals surface area contributed by atoms with Gasteiger partial charge in [-0.1, -0.05) is 0 Å². The second kappa shape index (κ2) is 3.05. The number of carbonyl (C=O) groups excluding carboxylic acids is 1. The van der Waals surface area contributed by atoms with E-state index in [0.717, 1.165) is 0 Å². The zero-order valence-corrected chi connectivity index (χ0v) is 5.91. The molecule has 0 aromatic heterocycles. The first-order valence-electron chi connectivity index (χ1n) is 3.06. The minimum Gasteiger partial charge on any atom is -0.458 e. The second-order valence-electron chi connectivity index (χ2n) is 2.05. The summed E-state index contributed by atoms with van der Waals surface area (Å²) in [7, 11) is 3.00. The first-order chi connectivity index (χ1) is 5.24. The lowest BCUT2D eigenvalue weighted by Crippen LogP contribution is -1.99. The third-order valence-electron chi connectivity index (χ3n) is 1.28. The molecule has 0 aliphatic heterocycles. The smallest absolute Gasteiger partial charge is 0.338 e. The fourth-order valence-electron chi connectivity index (χ4n) is 0.703. The number of rotatable bonds is 1. The molecule has 0 unspecified atom stereocenters. The number of nitrogens with two attached hydrogens (primary N) is 1. The normalized spacial score (nSPS) is 9.18. The molecule has 0 bridgehead atoms. The van der Waals surface area contributed by atoms with Gasteiger partial charge < -0.3 is 10.5 Å². The van der Waals surface area contributed by atoms with E-state index in [9.17, 15) is 4.79 Å². The summed E-state index contributed by atoms with van der Waals surface area (Å²) in [5.41, 5.74) is 6.47. The van der Waals surface area contributed by atoms with Crippen LogP contribution in [0.2, 0.25) is 0 Å². The van der Waals surface area contributed by atoms with Crippen LogP contribution in [-0.4, -0.2) is 5.97 Å². The Labute approximate surface area is 64.8 Å². The number of hydrogen-bond donors (Lipinski definition) is 1. The summed E-state index contributed by atoms with van der Waals surface area (Å²) < 4.78 is 4.25. The van der Waals surface area contributed by atoms with Crippen molar-refractivity contribution in [3.8, 4) is 0 Å². The average molecular weight is 150 g/mol. The molecule has 1 rings (SSSR count). The summed E-state index contributed by atoms with van der Waals surface area (Å²) in [6.07, 6.45) is 0. The zero-order valence-electron chi connectivity index (χ0n) is 5.91. The number of ether oxygens (including phenoxy) is 1. The van der Waals surface area contributed by atoms with Crippen LogP contribution in [0.1, 0.15) is 10.4 Å². The molecule has 1 aromatic carbocycles. The molecule has 0 saturated heterocycles. The van der Waals surface area contributed by atoms with E-state index in [1.54, 1.807) is 24.3 Å². The molecule has 0 aliphatic carbocycles. The lowest BCUT2D eigenvalue weighted by atomic mass is 10.2. The molecule has 11 heavy (non-hydrogen) atoms. The highest BCUT2D eigenvalue weighted by Crippen LogP contribution is 2.05. The van der Waals surface area contributed by atoms with Gasteiger partial charge in [0.1, 0.15) is 7.11 Å². The predicted octanol–water partition coefficient (Wildman–Crippen LogP) is 1.22. The number of esters is 1. The van der Waals surface area contributed by atoms with E-state index in [2.05, 4.69) is 11.8 Å². The molecule has 0 spiro atoms. The first-order valence-corrected chi connectivity index (χ1v) is 3.06. The van der Waals surface area contributed by atoms with Crippen LogP contribution < -0.4 is 5.73 Å². The lowest BCUT2D eigenvalue weighted by molar-refractivity contribution is 0.0654. The van der Waals surface area contributed by atoms with Gasteiger partial charge >= 0.3 is 5.97 Å². The zero-order chi connectivity index (χ0) is 8.27. The molecule has 2 N–H and O–H groups in total. The van der Waals surface area contributed by atoms with Gasteiger partial charge in [-0.25, -0.2) is 4.79 Å². The van der Waals surface area contributed by atoms with E-state index in [4.69, 9.17) is 5.73 Å². The Morgan fingerprint density at radius 3 is 2.36 bits per heavy atom. The van der Waals surface area contributed by atoms with Gasteiger partial charge in [-0.05, 0) is 24.3 Å². The maximum absolute atomic E-state index is 10.8. The van der Waals surface area contributed by atoms with Crippen LogP contribution in [0.5, 0.6) is 0 Å². The van der Waals surface area contributed by atoms with Crippen LogP contribution in [0.4, 0.5) is 5.69 Å². The summed E-state index contributed by atoms with van der Waals surface area (Å²) in [6, 6.07) is 6.43. The summed E-state index contributed by atoms with van der Waals surface area (Å²) in [5, 5.41) is 0. The molecule has 1 aromatic rings. The molecule has 0 aliphatic rings. The van der Waals surface area contributed by atoms with Crippen molar-refractivity contribution in [2.24, 2.45) is 0 Å². The van der Waals surface area contributed by atoms with Gasteiger partial charge in [0.05, 0.1) is 5.56 Å². The van der Waals surface area contributed by atoms with Crippen molar-refractivity contribution in [3.05, 3.63) is 36.9 Å².